The van der Waals surface area contributed by atoms with Gasteiger partial charge in [0.2, 0.25) is 10.0 Å². The van der Waals surface area contributed by atoms with Gasteiger partial charge in [0.15, 0.2) is 5.69 Å². The minimum atomic E-state index is -3.69. The summed E-state index contributed by atoms with van der Waals surface area (Å²) >= 11 is 0. The number of amides is 1. The molecular weight excluding hydrogens is 392 g/mol. The van der Waals surface area contributed by atoms with Crippen molar-refractivity contribution in [2.75, 3.05) is 33.3 Å². The number of piperazine rings is 1. The van der Waals surface area contributed by atoms with Gasteiger partial charge in [-0.05, 0) is 49.9 Å². The van der Waals surface area contributed by atoms with Crippen LogP contribution in [-0.2, 0) is 23.0 Å². The molecule has 1 aromatic carbocycles. The van der Waals surface area contributed by atoms with Crippen molar-refractivity contribution < 1.29 is 17.9 Å². The van der Waals surface area contributed by atoms with Crippen LogP contribution in [0.1, 0.15) is 34.6 Å². The summed E-state index contributed by atoms with van der Waals surface area (Å²) in [6.45, 7) is 3.88. The lowest BCUT2D eigenvalue weighted by Gasteiger charge is -2.33. The molecule has 1 aromatic heterocycles. The number of hydrogen-bond acceptors (Lipinski definition) is 5. The average Bonchev–Trinajstić information content (AvgIpc) is 3.17. The molecule has 0 saturated carbocycles. The Bertz CT molecular complexity index is 1000. The summed E-state index contributed by atoms with van der Waals surface area (Å²) in [5, 5.41) is 4.45. The number of carbonyl (C=O) groups excluding carboxylic acids is 1. The number of methoxy groups -OCH3 is 1. The van der Waals surface area contributed by atoms with E-state index in [-0.39, 0.29) is 23.9 Å². The first kappa shape index (κ1) is 19.9. The van der Waals surface area contributed by atoms with E-state index in [2.05, 4.69) is 5.10 Å². The summed E-state index contributed by atoms with van der Waals surface area (Å²) in [6.07, 6.45) is 3.16. The zero-order valence-corrected chi connectivity index (χ0v) is 17.6. The third-order valence-electron chi connectivity index (χ3n) is 5.60. The predicted octanol–water partition coefficient (Wildman–Crippen LogP) is 1.68. The molecule has 0 unspecified atom stereocenters. The van der Waals surface area contributed by atoms with Gasteiger partial charge in [-0.15, -0.1) is 0 Å². The van der Waals surface area contributed by atoms with E-state index >= 15 is 0 Å². The summed E-state index contributed by atoms with van der Waals surface area (Å²) in [5.41, 5.74) is 2.41. The van der Waals surface area contributed by atoms with Crippen LogP contribution in [0.3, 0.4) is 0 Å². The van der Waals surface area contributed by atoms with Crippen LogP contribution in [0.2, 0.25) is 0 Å². The highest BCUT2D eigenvalue weighted by molar-refractivity contribution is 7.89. The number of nitrogens with zero attached hydrogens (tertiary/aromatic N) is 4. The van der Waals surface area contributed by atoms with Crippen LogP contribution in [0, 0.1) is 6.92 Å². The normalized spacial score (nSPS) is 17.8. The van der Waals surface area contributed by atoms with Crippen molar-refractivity contribution in [1.82, 2.24) is 19.0 Å². The van der Waals surface area contributed by atoms with Gasteiger partial charge in [0.1, 0.15) is 10.6 Å². The number of aromatic nitrogens is 2. The highest BCUT2D eigenvalue weighted by Gasteiger charge is 2.33. The molecule has 1 saturated heterocycles. The number of carbonyl (C=O) groups is 1. The van der Waals surface area contributed by atoms with Gasteiger partial charge in [-0.25, -0.2) is 8.42 Å². The van der Waals surface area contributed by atoms with Crippen molar-refractivity contribution in [3.63, 3.8) is 0 Å². The molecule has 2 aromatic rings. The summed E-state index contributed by atoms with van der Waals surface area (Å²) in [4.78, 5) is 14.7. The van der Waals surface area contributed by atoms with Gasteiger partial charge < -0.3 is 9.64 Å². The lowest BCUT2D eigenvalue weighted by Crippen LogP contribution is -2.50. The monoisotopic (exact) mass is 418 g/mol. The zero-order valence-electron chi connectivity index (χ0n) is 16.8. The maximum Gasteiger partial charge on any atom is 0.274 e. The first-order chi connectivity index (χ1) is 13.9. The van der Waals surface area contributed by atoms with Crippen LogP contribution < -0.4 is 4.74 Å². The molecule has 0 aliphatic carbocycles. The lowest BCUT2D eigenvalue weighted by atomic mass is 10.1. The van der Waals surface area contributed by atoms with E-state index in [0.29, 0.717) is 24.5 Å². The Labute approximate surface area is 171 Å². The quantitative estimate of drug-likeness (QED) is 0.754. The third kappa shape index (κ3) is 3.76. The molecule has 4 rings (SSSR count). The fraction of sp³-hybridized carbons (Fsp3) is 0.500. The fourth-order valence-electron chi connectivity index (χ4n) is 3.94. The molecule has 2 aliphatic rings. The van der Waals surface area contributed by atoms with Crippen LogP contribution in [0.5, 0.6) is 5.75 Å². The smallest absolute Gasteiger partial charge is 0.274 e. The van der Waals surface area contributed by atoms with Gasteiger partial charge in [0.25, 0.3) is 5.91 Å². The Hall–Kier alpha value is -2.39. The number of sulfonamides is 1. The number of ether oxygens (including phenoxy) is 1. The minimum Gasteiger partial charge on any atom is -0.495 e. The molecule has 1 amide bonds. The maximum absolute atomic E-state index is 13.1. The van der Waals surface area contributed by atoms with Gasteiger partial charge in [-0.1, -0.05) is 6.07 Å². The standard InChI is InChI=1S/C20H26N4O4S/c1-15-6-7-18(28-2)19(13-15)29(26,27)23-11-9-22(10-12-23)20(25)17-14-16-5-3-4-8-24(16)21-17/h6-7,13-14H,3-5,8-12H2,1-2H3. The number of benzene rings is 1. The van der Waals surface area contributed by atoms with Crippen molar-refractivity contribution in [2.45, 2.75) is 37.6 Å². The van der Waals surface area contributed by atoms with Crippen LogP contribution in [0.25, 0.3) is 0 Å². The van der Waals surface area contributed by atoms with Crippen LogP contribution >= 0.6 is 0 Å². The largest absolute Gasteiger partial charge is 0.495 e. The van der Waals surface area contributed by atoms with Crippen molar-refractivity contribution in [3.05, 3.63) is 41.2 Å². The van der Waals surface area contributed by atoms with Crippen molar-refractivity contribution in [2.24, 2.45) is 0 Å². The summed E-state index contributed by atoms with van der Waals surface area (Å²) in [6, 6.07) is 6.99. The van der Waals surface area contributed by atoms with Gasteiger partial charge >= 0.3 is 0 Å². The molecule has 1 fully saturated rings. The van der Waals surface area contributed by atoms with E-state index in [1.165, 1.54) is 11.4 Å². The Morgan fingerprint density at radius 1 is 1.07 bits per heavy atom. The number of fused-ring (bicyclic) bond motifs is 1. The van der Waals surface area contributed by atoms with E-state index in [0.717, 1.165) is 37.1 Å². The SMILES string of the molecule is COc1ccc(C)cc1S(=O)(=O)N1CCN(C(=O)c2cc3n(n2)CCCC3)CC1. The second kappa shape index (κ2) is 7.79. The van der Waals surface area contributed by atoms with Crippen molar-refractivity contribution >= 4 is 15.9 Å². The second-order valence-electron chi connectivity index (χ2n) is 7.55. The van der Waals surface area contributed by atoms with Gasteiger partial charge in [0, 0.05) is 38.4 Å². The summed E-state index contributed by atoms with van der Waals surface area (Å²) in [7, 11) is -2.23. The highest BCUT2D eigenvalue weighted by atomic mass is 32.2. The molecule has 156 valence electrons. The molecule has 0 bridgehead atoms. The maximum atomic E-state index is 13.1. The summed E-state index contributed by atoms with van der Waals surface area (Å²) < 4.78 is 34.8. The molecule has 2 aliphatic heterocycles. The summed E-state index contributed by atoms with van der Waals surface area (Å²) in [5.74, 6) is 0.204. The third-order valence-corrected chi connectivity index (χ3v) is 7.52. The Morgan fingerprint density at radius 2 is 1.83 bits per heavy atom. The average molecular weight is 419 g/mol. The van der Waals surface area contributed by atoms with E-state index in [1.807, 2.05) is 23.7 Å². The predicted molar refractivity (Wildman–Crippen MR) is 108 cm³/mol. The molecule has 0 N–H and O–H groups in total. The zero-order chi connectivity index (χ0) is 20.6. The molecule has 8 nitrogen and oxygen atoms in total. The van der Waals surface area contributed by atoms with E-state index in [4.69, 9.17) is 4.74 Å². The Balaban J connectivity index is 1.47. The van der Waals surface area contributed by atoms with Gasteiger partial charge in [-0.3, -0.25) is 9.48 Å². The topological polar surface area (TPSA) is 84.7 Å². The Kier molecular flexibility index (Phi) is 5.35. The van der Waals surface area contributed by atoms with Crippen LogP contribution in [0.15, 0.2) is 29.2 Å². The lowest BCUT2D eigenvalue weighted by molar-refractivity contribution is 0.0691. The van der Waals surface area contributed by atoms with Gasteiger partial charge in [0.05, 0.1) is 7.11 Å². The van der Waals surface area contributed by atoms with Crippen molar-refractivity contribution in [1.29, 1.82) is 0 Å². The molecule has 9 heteroatoms. The van der Waals surface area contributed by atoms with E-state index in [9.17, 15) is 13.2 Å². The van der Waals surface area contributed by atoms with Gasteiger partial charge in [-0.2, -0.15) is 9.40 Å². The van der Waals surface area contributed by atoms with Crippen LogP contribution in [-0.4, -0.2) is 66.6 Å². The van der Waals surface area contributed by atoms with E-state index < -0.39 is 10.0 Å². The first-order valence-corrected chi connectivity index (χ1v) is 11.3. The first-order valence-electron chi connectivity index (χ1n) is 9.91. The number of aryl methyl sites for hydroxylation is 3. The molecule has 0 atom stereocenters. The molecular formula is C20H26N4O4S. The number of rotatable bonds is 4. The molecule has 0 spiro atoms. The van der Waals surface area contributed by atoms with Crippen LogP contribution in [0.4, 0.5) is 0 Å². The minimum absolute atomic E-state index is 0.128. The second-order valence-corrected chi connectivity index (χ2v) is 9.46. The number of hydrogen-bond donors (Lipinski definition) is 0. The highest BCUT2D eigenvalue weighted by Crippen LogP contribution is 2.28. The van der Waals surface area contributed by atoms with E-state index in [1.54, 1.807) is 17.0 Å². The molecule has 0 radical (unpaired) electrons. The fourth-order valence-corrected chi connectivity index (χ4v) is 5.60. The Morgan fingerprint density at radius 3 is 2.52 bits per heavy atom. The molecule has 3 heterocycles. The van der Waals surface area contributed by atoms with Crippen molar-refractivity contribution in [3.8, 4) is 5.75 Å². The molecule has 29 heavy (non-hydrogen) atoms.